The molecule has 202 valence electrons. The molecule has 5 rings (SSSR count). The summed E-state index contributed by atoms with van der Waals surface area (Å²) in [5.41, 5.74) is 5.81. The second-order valence-corrected chi connectivity index (χ2v) is 10.3. The zero-order chi connectivity index (χ0) is 26.5. The third-order valence-electron chi connectivity index (χ3n) is 7.10. The van der Waals surface area contributed by atoms with E-state index in [0.717, 1.165) is 38.4 Å². The van der Waals surface area contributed by atoms with Crippen LogP contribution in [0.25, 0.3) is 21.6 Å². The minimum atomic E-state index is -0.575. The Morgan fingerprint density at radius 1 is 0.975 bits per heavy atom. The smallest absolute Gasteiger partial charge is 0.870 e. The van der Waals surface area contributed by atoms with E-state index in [1.807, 2.05) is 80.6 Å². The first-order valence-corrected chi connectivity index (χ1v) is 13.4. The van der Waals surface area contributed by atoms with Crippen molar-refractivity contribution in [2.45, 2.75) is 38.2 Å². The quantitative estimate of drug-likeness (QED) is 0.267. The summed E-state index contributed by atoms with van der Waals surface area (Å²) in [6.45, 7) is 4.88. The summed E-state index contributed by atoms with van der Waals surface area (Å²) in [6.07, 6.45) is 2.72. The molecule has 1 aliphatic heterocycles. The van der Waals surface area contributed by atoms with Gasteiger partial charge in [-0.15, -0.1) is 0 Å². The molecule has 1 fully saturated rings. The van der Waals surface area contributed by atoms with Crippen molar-refractivity contribution < 1.29 is 54.1 Å². The Labute approximate surface area is 260 Å². The molecule has 3 aromatic carbocycles. The van der Waals surface area contributed by atoms with Gasteiger partial charge in [0.2, 0.25) is 0 Å². The molecule has 1 aliphatic rings. The molecular formula is C31H30N2NaO5S-. The molecule has 1 aromatic heterocycles. The largest absolute Gasteiger partial charge is 1.00 e. The van der Waals surface area contributed by atoms with E-state index in [9.17, 15) is 9.59 Å². The fourth-order valence-corrected chi connectivity index (χ4v) is 5.61. The monoisotopic (exact) mass is 565 g/mol. The number of ether oxygens (including phenoxy) is 2. The van der Waals surface area contributed by atoms with Crippen molar-refractivity contribution >= 4 is 29.6 Å². The summed E-state index contributed by atoms with van der Waals surface area (Å²) in [7, 11) is 0. The minimum absolute atomic E-state index is 0. The summed E-state index contributed by atoms with van der Waals surface area (Å²) in [5, 5.41) is 2.90. The second kappa shape index (κ2) is 14.2. The average Bonchev–Trinajstić information content (AvgIpc) is 3.33. The van der Waals surface area contributed by atoms with Crippen LogP contribution in [0.3, 0.4) is 0 Å². The Balaban J connectivity index is 0.00000220. The molecule has 9 heteroatoms. The van der Waals surface area contributed by atoms with Gasteiger partial charge in [0.05, 0.1) is 16.3 Å². The Morgan fingerprint density at radius 2 is 1.55 bits per heavy atom. The predicted molar refractivity (Wildman–Crippen MR) is 152 cm³/mol. The van der Waals surface area contributed by atoms with Crippen molar-refractivity contribution in [3.63, 3.8) is 0 Å². The van der Waals surface area contributed by atoms with Crippen LogP contribution in [0.4, 0.5) is 10.5 Å². The van der Waals surface area contributed by atoms with Gasteiger partial charge in [0.25, 0.3) is 0 Å². The SMILES string of the molecule is Cc1nsc(-c2ccc(-c3ccc(C4([C-]=O)CCOCC4)cc3)cc2)c1NC(=O)O[C@H](C)c1ccccc1.[Na+].[OH-]. The average molecular weight is 566 g/mol. The van der Waals surface area contributed by atoms with E-state index < -0.39 is 11.5 Å². The van der Waals surface area contributed by atoms with Crippen LogP contribution in [0, 0.1) is 6.92 Å². The van der Waals surface area contributed by atoms with E-state index in [1.54, 1.807) is 0 Å². The molecule has 0 saturated carbocycles. The van der Waals surface area contributed by atoms with Crippen molar-refractivity contribution in [3.8, 4) is 21.6 Å². The van der Waals surface area contributed by atoms with Gasteiger partial charge >= 0.3 is 35.7 Å². The molecule has 7 nitrogen and oxygen atoms in total. The number of anilines is 1. The Kier molecular flexibility index (Phi) is 11.2. The van der Waals surface area contributed by atoms with Crippen LogP contribution in [-0.4, -0.2) is 35.4 Å². The number of rotatable bonds is 7. The number of benzene rings is 3. The Morgan fingerprint density at radius 3 is 2.15 bits per heavy atom. The van der Waals surface area contributed by atoms with Gasteiger partial charge in [0, 0.05) is 13.2 Å². The van der Waals surface area contributed by atoms with E-state index in [-0.39, 0.29) is 41.1 Å². The molecule has 1 atom stereocenters. The van der Waals surface area contributed by atoms with Crippen LogP contribution in [0.5, 0.6) is 0 Å². The molecule has 2 N–H and O–H groups in total. The van der Waals surface area contributed by atoms with Crippen LogP contribution >= 0.6 is 11.5 Å². The van der Waals surface area contributed by atoms with E-state index in [4.69, 9.17) is 9.47 Å². The van der Waals surface area contributed by atoms with Crippen LogP contribution in [-0.2, 0) is 19.7 Å². The molecule has 0 bridgehead atoms. The van der Waals surface area contributed by atoms with Crippen LogP contribution in [0.2, 0.25) is 0 Å². The number of hydrogen-bond acceptors (Lipinski definition) is 7. The third kappa shape index (κ3) is 6.89. The maximum Gasteiger partial charge on any atom is 1.00 e. The number of aromatic nitrogens is 1. The number of carbonyl (C=O) groups is 1. The Hall–Kier alpha value is -2.85. The predicted octanol–water partition coefficient (Wildman–Crippen LogP) is 4.08. The van der Waals surface area contributed by atoms with Crippen LogP contribution < -0.4 is 34.9 Å². The summed E-state index contributed by atoms with van der Waals surface area (Å²) in [5.74, 6) is 0. The molecular weight excluding hydrogens is 535 g/mol. The summed E-state index contributed by atoms with van der Waals surface area (Å²) in [6, 6.07) is 25.9. The van der Waals surface area contributed by atoms with E-state index in [0.29, 0.717) is 31.7 Å². The van der Waals surface area contributed by atoms with Gasteiger partial charge in [-0.25, -0.2) is 4.79 Å². The topological polar surface area (TPSA) is 108 Å². The number of nitrogens with one attached hydrogen (secondary N) is 1. The van der Waals surface area contributed by atoms with Gasteiger partial charge < -0.3 is 19.7 Å². The van der Waals surface area contributed by atoms with Crippen molar-refractivity contribution in [1.29, 1.82) is 0 Å². The number of nitrogens with zero attached hydrogens (tertiary/aromatic N) is 1. The fraction of sp³-hybridized carbons (Fsp3) is 0.258. The zero-order valence-electron chi connectivity index (χ0n) is 22.8. The summed E-state index contributed by atoms with van der Waals surface area (Å²) < 4.78 is 15.5. The molecule has 2 heterocycles. The number of aryl methyl sites for hydroxylation is 1. The second-order valence-electron chi connectivity index (χ2n) is 9.51. The third-order valence-corrected chi connectivity index (χ3v) is 8.09. The van der Waals surface area contributed by atoms with Crippen molar-refractivity contribution in [2.24, 2.45) is 0 Å². The first-order valence-electron chi connectivity index (χ1n) is 12.7. The molecule has 4 aromatic rings. The van der Waals surface area contributed by atoms with Crippen LogP contribution in [0.15, 0.2) is 78.9 Å². The Bertz CT molecular complexity index is 1400. The van der Waals surface area contributed by atoms with Crippen molar-refractivity contribution in [2.75, 3.05) is 18.5 Å². The maximum absolute atomic E-state index is 12.7. The molecule has 0 radical (unpaired) electrons. The molecule has 40 heavy (non-hydrogen) atoms. The number of amides is 1. The minimum Gasteiger partial charge on any atom is -0.870 e. The molecule has 1 saturated heterocycles. The van der Waals surface area contributed by atoms with Gasteiger partial charge in [0.1, 0.15) is 6.10 Å². The van der Waals surface area contributed by atoms with Crippen LogP contribution in [0.1, 0.15) is 42.7 Å². The normalized spacial score (nSPS) is 14.7. The van der Waals surface area contributed by atoms with Gasteiger partial charge in [-0.1, -0.05) is 89.8 Å². The van der Waals surface area contributed by atoms with Gasteiger partial charge in [-0.3, -0.25) is 11.6 Å². The first kappa shape index (κ1) is 31.7. The van der Waals surface area contributed by atoms with Gasteiger partial charge in [-0.05, 0) is 60.5 Å². The summed E-state index contributed by atoms with van der Waals surface area (Å²) >= 11 is 1.34. The summed E-state index contributed by atoms with van der Waals surface area (Å²) in [4.78, 5) is 25.3. The van der Waals surface area contributed by atoms with Gasteiger partial charge in [0.15, 0.2) is 0 Å². The fourth-order valence-electron chi connectivity index (χ4n) is 4.76. The zero-order valence-corrected chi connectivity index (χ0v) is 25.7. The van der Waals surface area contributed by atoms with E-state index in [1.165, 1.54) is 11.5 Å². The van der Waals surface area contributed by atoms with E-state index >= 15 is 0 Å². The molecule has 0 aliphatic carbocycles. The molecule has 0 unspecified atom stereocenters. The first-order chi connectivity index (χ1) is 18.5. The van der Waals surface area contributed by atoms with E-state index in [2.05, 4.69) is 28.1 Å². The standard InChI is InChI=1S/C31H29N2O4S.Na.H2O/c1-21-28(32-30(35)37-22(2)23-6-4-3-5-7-23)29(38-33-21)26-10-8-24(9-11-26)25-12-14-27(15-13-25)31(20-34)16-18-36-19-17-31;;/h3-15,22H,16-19H2,1-2H3,(H,32,35);;1H2/q-1;+1;/p-1/t22-;;/m1../s1. The van der Waals surface area contributed by atoms with Crippen molar-refractivity contribution in [3.05, 3.63) is 95.7 Å². The molecule has 0 spiro atoms. The number of carbonyl (C=O) groups excluding carboxylic acids is 2. The maximum atomic E-state index is 12.7. The number of hydrogen-bond donors (Lipinski definition) is 1. The van der Waals surface area contributed by atoms with Crippen molar-refractivity contribution in [1.82, 2.24) is 4.37 Å². The van der Waals surface area contributed by atoms with Gasteiger partial charge in [-0.2, -0.15) is 4.37 Å². The molecule has 1 amide bonds.